The molecule has 110 valence electrons. The van der Waals surface area contributed by atoms with Crippen molar-refractivity contribution in [1.29, 1.82) is 0 Å². The Morgan fingerprint density at radius 3 is 2.85 bits per heavy atom. The Bertz CT molecular complexity index is 480. The lowest BCUT2D eigenvalue weighted by Gasteiger charge is -2.24. The number of hydrogen-bond donors (Lipinski definition) is 1. The van der Waals surface area contributed by atoms with Crippen molar-refractivity contribution in [2.45, 2.75) is 57.2 Å². The first-order valence-corrected chi connectivity index (χ1v) is 7.84. The van der Waals surface area contributed by atoms with Gasteiger partial charge in [-0.25, -0.2) is 0 Å². The van der Waals surface area contributed by atoms with Gasteiger partial charge >= 0.3 is 0 Å². The Morgan fingerprint density at radius 1 is 1.35 bits per heavy atom. The van der Waals surface area contributed by atoms with Crippen molar-refractivity contribution in [3.63, 3.8) is 0 Å². The maximum absolute atomic E-state index is 10.5. The van der Waals surface area contributed by atoms with E-state index in [4.69, 9.17) is 4.74 Å². The summed E-state index contributed by atoms with van der Waals surface area (Å²) in [6.07, 6.45) is 4.02. The minimum absolute atomic E-state index is 0.126. The largest absolute Gasteiger partial charge is 0.393 e. The third-order valence-corrected chi connectivity index (χ3v) is 5.43. The normalized spacial score (nSPS) is 29.5. The van der Waals surface area contributed by atoms with Crippen LogP contribution in [0.4, 0.5) is 0 Å². The molecule has 2 nitrogen and oxygen atoms in total. The van der Waals surface area contributed by atoms with Gasteiger partial charge in [-0.15, -0.1) is 0 Å². The van der Waals surface area contributed by atoms with E-state index in [1.807, 2.05) is 0 Å². The second kappa shape index (κ2) is 5.16. The molecule has 0 aromatic heterocycles. The quantitative estimate of drug-likeness (QED) is 0.890. The zero-order valence-electron chi connectivity index (χ0n) is 12.8. The van der Waals surface area contributed by atoms with E-state index in [0.29, 0.717) is 17.8 Å². The van der Waals surface area contributed by atoms with E-state index >= 15 is 0 Å². The number of benzene rings is 1. The molecule has 4 atom stereocenters. The Balaban J connectivity index is 1.64. The highest BCUT2D eigenvalue weighted by Gasteiger charge is 2.55. The fraction of sp³-hybridized carbons (Fsp3) is 0.667. The first kappa shape index (κ1) is 14.1. The highest BCUT2D eigenvalue weighted by molar-refractivity contribution is 5.39. The number of aryl methyl sites for hydroxylation is 1. The molecule has 0 bridgehead atoms. The summed E-state index contributed by atoms with van der Waals surface area (Å²) in [4.78, 5) is 0. The van der Waals surface area contributed by atoms with Crippen LogP contribution < -0.4 is 0 Å². The maximum atomic E-state index is 10.5. The molecule has 0 heterocycles. The second-order valence-electron chi connectivity index (χ2n) is 7.07. The van der Waals surface area contributed by atoms with Crippen LogP contribution in [0.3, 0.4) is 0 Å². The zero-order chi connectivity index (χ0) is 14.3. The molecule has 1 aromatic rings. The van der Waals surface area contributed by atoms with Crippen LogP contribution in [0.1, 0.15) is 50.2 Å². The molecular formula is C18H26O2. The number of ether oxygens (including phenoxy) is 1. The Hall–Kier alpha value is -0.860. The first-order valence-electron chi connectivity index (χ1n) is 7.84. The second-order valence-corrected chi connectivity index (χ2v) is 7.07. The van der Waals surface area contributed by atoms with Crippen molar-refractivity contribution in [3.05, 3.63) is 35.4 Å². The van der Waals surface area contributed by atoms with Gasteiger partial charge in [0.2, 0.25) is 0 Å². The molecule has 0 aliphatic heterocycles. The molecule has 2 aliphatic rings. The molecule has 3 rings (SSSR count). The van der Waals surface area contributed by atoms with Crippen molar-refractivity contribution in [3.8, 4) is 0 Å². The maximum Gasteiger partial charge on any atom is 0.0623 e. The first-order chi connectivity index (χ1) is 9.53. The number of hydrogen-bond acceptors (Lipinski definition) is 2. The van der Waals surface area contributed by atoms with Crippen molar-refractivity contribution < 1.29 is 9.84 Å². The van der Waals surface area contributed by atoms with Gasteiger partial charge in [0.25, 0.3) is 0 Å². The van der Waals surface area contributed by atoms with Gasteiger partial charge in [-0.2, -0.15) is 0 Å². The monoisotopic (exact) mass is 274 g/mol. The Morgan fingerprint density at radius 2 is 2.10 bits per heavy atom. The highest BCUT2D eigenvalue weighted by atomic mass is 16.5. The molecule has 0 amide bonds. The van der Waals surface area contributed by atoms with Gasteiger partial charge in [0.1, 0.15) is 0 Å². The summed E-state index contributed by atoms with van der Waals surface area (Å²) in [7, 11) is 1.75. The van der Waals surface area contributed by atoms with Crippen molar-refractivity contribution in [1.82, 2.24) is 0 Å². The van der Waals surface area contributed by atoms with Gasteiger partial charge in [-0.05, 0) is 68.4 Å². The summed E-state index contributed by atoms with van der Waals surface area (Å²) < 4.78 is 5.45. The van der Waals surface area contributed by atoms with Gasteiger partial charge in [0, 0.05) is 7.11 Å². The predicted molar refractivity (Wildman–Crippen MR) is 80.8 cm³/mol. The standard InChI is InChI=1S/C18H26O2/c1-18(2,20-3)11-10-15(19)17-14-9-8-12-6-4-5-7-13(12)16(14)17/h4-7,14-17,19H,8-11H2,1-3H3. The molecule has 2 aliphatic carbocycles. The summed E-state index contributed by atoms with van der Waals surface area (Å²) in [5, 5.41) is 10.5. The lowest BCUT2D eigenvalue weighted by Crippen LogP contribution is -2.25. The van der Waals surface area contributed by atoms with Crippen LogP contribution in [0.25, 0.3) is 0 Å². The average molecular weight is 274 g/mol. The lowest BCUT2D eigenvalue weighted by atomic mass is 9.92. The van der Waals surface area contributed by atoms with Crippen LogP contribution in [-0.2, 0) is 11.2 Å². The topological polar surface area (TPSA) is 29.5 Å². The lowest BCUT2D eigenvalue weighted by molar-refractivity contribution is 0.000102. The molecule has 0 spiro atoms. The van der Waals surface area contributed by atoms with Crippen LogP contribution in [0.15, 0.2) is 24.3 Å². The molecule has 2 heteroatoms. The number of methoxy groups -OCH3 is 1. The van der Waals surface area contributed by atoms with Gasteiger partial charge in [-0.3, -0.25) is 0 Å². The van der Waals surface area contributed by atoms with Crippen molar-refractivity contribution in [2.75, 3.05) is 7.11 Å². The van der Waals surface area contributed by atoms with E-state index in [0.717, 1.165) is 12.8 Å². The molecule has 20 heavy (non-hydrogen) atoms. The third kappa shape index (κ3) is 2.51. The summed E-state index contributed by atoms with van der Waals surface area (Å²) in [6.45, 7) is 4.18. The fourth-order valence-electron chi connectivity index (χ4n) is 3.93. The van der Waals surface area contributed by atoms with Crippen LogP contribution in [0, 0.1) is 11.8 Å². The Kier molecular flexibility index (Phi) is 3.64. The van der Waals surface area contributed by atoms with Crippen LogP contribution in [0.5, 0.6) is 0 Å². The van der Waals surface area contributed by atoms with Crippen molar-refractivity contribution in [2.24, 2.45) is 11.8 Å². The number of aliphatic hydroxyl groups is 1. The summed E-state index contributed by atoms with van der Waals surface area (Å²) in [5.74, 6) is 1.80. The Labute approximate surface area is 122 Å². The van der Waals surface area contributed by atoms with E-state index in [2.05, 4.69) is 38.1 Å². The molecule has 1 saturated carbocycles. The number of rotatable bonds is 5. The average Bonchev–Trinajstić information content (AvgIpc) is 3.20. The van der Waals surface area contributed by atoms with Crippen LogP contribution >= 0.6 is 0 Å². The summed E-state index contributed by atoms with van der Waals surface area (Å²) >= 11 is 0. The molecule has 0 radical (unpaired) electrons. The third-order valence-electron chi connectivity index (χ3n) is 5.43. The highest BCUT2D eigenvalue weighted by Crippen LogP contribution is 2.61. The molecule has 1 aromatic carbocycles. The predicted octanol–water partition coefficient (Wildman–Crippen LogP) is 3.53. The van der Waals surface area contributed by atoms with Crippen LogP contribution in [0.2, 0.25) is 0 Å². The van der Waals surface area contributed by atoms with Gasteiger partial charge in [0.05, 0.1) is 11.7 Å². The SMILES string of the molecule is COC(C)(C)CCC(O)C1C2CCc3ccccc3C21. The minimum atomic E-state index is -0.175. The van der Waals surface area contributed by atoms with E-state index in [9.17, 15) is 5.11 Å². The summed E-state index contributed by atoms with van der Waals surface area (Å²) in [5.41, 5.74) is 2.87. The van der Waals surface area contributed by atoms with E-state index < -0.39 is 0 Å². The van der Waals surface area contributed by atoms with E-state index in [1.165, 1.54) is 24.0 Å². The van der Waals surface area contributed by atoms with E-state index in [1.54, 1.807) is 7.11 Å². The molecule has 0 saturated heterocycles. The fourth-order valence-corrected chi connectivity index (χ4v) is 3.93. The van der Waals surface area contributed by atoms with Crippen LogP contribution in [-0.4, -0.2) is 23.9 Å². The smallest absolute Gasteiger partial charge is 0.0623 e. The number of aliphatic hydroxyl groups excluding tert-OH is 1. The molecule has 4 unspecified atom stereocenters. The van der Waals surface area contributed by atoms with E-state index in [-0.39, 0.29) is 11.7 Å². The zero-order valence-corrected chi connectivity index (χ0v) is 12.8. The molecule has 1 N–H and O–H groups in total. The molecular weight excluding hydrogens is 248 g/mol. The minimum Gasteiger partial charge on any atom is -0.393 e. The van der Waals surface area contributed by atoms with Gasteiger partial charge in [-0.1, -0.05) is 24.3 Å². The summed E-state index contributed by atoms with van der Waals surface area (Å²) in [6, 6.07) is 8.78. The molecule has 1 fully saturated rings. The van der Waals surface area contributed by atoms with Gasteiger partial charge < -0.3 is 9.84 Å². The number of fused-ring (bicyclic) bond motifs is 3. The van der Waals surface area contributed by atoms with Gasteiger partial charge in [0.15, 0.2) is 0 Å². The van der Waals surface area contributed by atoms with Crippen molar-refractivity contribution >= 4 is 0 Å².